The van der Waals surface area contributed by atoms with Crippen LogP contribution in [0.4, 0.5) is 15.9 Å². The van der Waals surface area contributed by atoms with Gasteiger partial charge in [0.05, 0.1) is 29.9 Å². The smallest absolute Gasteiger partial charge is 0.165 e. The van der Waals surface area contributed by atoms with Gasteiger partial charge in [0.15, 0.2) is 17.3 Å². The van der Waals surface area contributed by atoms with Crippen molar-refractivity contribution in [2.24, 2.45) is 11.8 Å². The Kier molecular flexibility index (Phi) is 7.51. The maximum Gasteiger partial charge on any atom is 0.165 e. The second-order valence-electron chi connectivity index (χ2n) is 9.30. The fourth-order valence-electron chi connectivity index (χ4n) is 5.19. The van der Waals surface area contributed by atoms with Gasteiger partial charge in [0, 0.05) is 31.1 Å². The van der Waals surface area contributed by atoms with E-state index in [1.807, 2.05) is 12.1 Å². The molecule has 2 N–H and O–H groups in total. The average molecular weight is 500 g/mol. The zero-order valence-corrected chi connectivity index (χ0v) is 20.7. The largest absolute Gasteiger partial charge is 0.493 e. The van der Waals surface area contributed by atoms with E-state index in [1.165, 1.54) is 38.3 Å². The van der Waals surface area contributed by atoms with Crippen molar-refractivity contribution in [1.29, 1.82) is 0 Å². The van der Waals surface area contributed by atoms with Crippen LogP contribution in [-0.4, -0.2) is 61.3 Å². The van der Waals surface area contributed by atoms with Crippen LogP contribution in [0.5, 0.6) is 11.5 Å². The summed E-state index contributed by atoms with van der Waals surface area (Å²) < 4.78 is 26.1. The molecule has 0 spiro atoms. The number of fused-ring (bicyclic) bond motifs is 2. The molecule has 7 nitrogen and oxygen atoms in total. The first-order valence-corrected chi connectivity index (χ1v) is 12.6. The van der Waals surface area contributed by atoms with Crippen LogP contribution in [0.2, 0.25) is 5.02 Å². The summed E-state index contributed by atoms with van der Waals surface area (Å²) in [5.74, 6) is 2.74. The van der Waals surface area contributed by atoms with Gasteiger partial charge in [-0.2, -0.15) is 0 Å². The third-order valence-electron chi connectivity index (χ3n) is 6.99. The van der Waals surface area contributed by atoms with Gasteiger partial charge in [-0.05, 0) is 62.4 Å². The van der Waals surface area contributed by atoms with Crippen LogP contribution in [-0.2, 0) is 0 Å². The van der Waals surface area contributed by atoms with Crippen LogP contribution in [0.15, 0.2) is 36.7 Å². The van der Waals surface area contributed by atoms with Crippen molar-refractivity contribution in [2.75, 3.05) is 51.8 Å². The molecule has 3 aromatic rings. The summed E-state index contributed by atoms with van der Waals surface area (Å²) >= 11 is 5.93. The lowest BCUT2D eigenvalue weighted by molar-refractivity contribution is 0.248. The Hall–Kier alpha value is -2.68. The van der Waals surface area contributed by atoms with E-state index in [9.17, 15) is 4.39 Å². The van der Waals surface area contributed by atoms with Crippen molar-refractivity contribution >= 4 is 34.0 Å². The van der Waals surface area contributed by atoms with Gasteiger partial charge in [0.2, 0.25) is 0 Å². The Bertz CT molecular complexity index is 1170. The van der Waals surface area contributed by atoms with E-state index >= 15 is 0 Å². The number of likely N-dealkylation sites (tertiary alicyclic amines) is 1. The summed E-state index contributed by atoms with van der Waals surface area (Å²) in [5, 5.41) is 7.36. The summed E-state index contributed by atoms with van der Waals surface area (Å²) in [4.78, 5) is 11.2. The predicted molar refractivity (Wildman–Crippen MR) is 136 cm³/mol. The van der Waals surface area contributed by atoms with E-state index in [2.05, 4.69) is 25.5 Å². The van der Waals surface area contributed by atoms with Gasteiger partial charge < -0.3 is 25.0 Å². The number of nitrogens with zero attached hydrogens (tertiary/aromatic N) is 3. The van der Waals surface area contributed by atoms with E-state index in [-0.39, 0.29) is 10.7 Å². The first-order chi connectivity index (χ1) is 17.1. The molecule has 0 amide bonds. The van der Waals surface area contributed by atoms with Crippen LogP contribution in [0.1, 0.15) is 19.3 Å². The van der Waals surface area contributed by atoms with Crippen molar-refractivity contribution in [3.63, 3.8) is 0 Å². The summed E-state index contributed by atoms with van der Waals surface area (Å²) in [5.41, 5.74) is 0.909. The number of nitrogens with one attached hydrogen (secondary N) is 2. The van der Waals surface area contributed by atoms with Gasteiger partial charge in [-0.1, -0.05) is 17.7 Å². The number of methoxy groups -OCH3 is 1. The molecule has 0 radical (unpaired) electrons. The van der Waals surface area contributed by atoms with Crippen LogP contribution in [0, 0.1) is 17.7 Å². The van der Waals surface area contributed by atoms with E-state index < -0.39 is 5.82 Å². The quantitative estimate of drug-likeness (QED) is 0.428. The van der Waals surface area contributed by atoms with Crippen molar-refractivity contribution in [2.45, 2.75) is 19.3 Å². The predicted octanol–water partition coefficient (Wildman–Crippen LogP) is 4.87. The number of anilines is 2. The molecule has 0 unspecified atom stereocenters. The molecule has 2 fully saturated rings. The normalized spacial score (nSPS) is 20.4. The van der Waals surface area contributed by atoms with Crippen molar-refractivity contribution in [3.05, 3.63) is 47.5 Å². The molecule has 0 aliphatic carbocycles. The number of ether oxygens (including phenoxy) is 2. The molecule has 0 bridgehead atoms. The van der Waals surface area contributed by atoms with Gasteiger partial charge in [0.25, 0.3) is 0 Å². The van der Waals surface area contributed by atoms with Gasteiger partial charge in [-0.25, -0.2) is 14.4 Å². The number of benzene rings is 2. The summed E-state index contributed by atoms with van der Waals surface area (Å²) in [7, 11) is 1.61. The second-order valence-corrected chi connectivity index (χ2v) is 9.70. The Balaban J connectivity index is 1.26. The molecular formula is C26H31ClFN5O2. The SMILES string of the molecule is COc1cc2ncnc(Nc3cccc(Cl)c3F)c2cc1OCCCN1C[C@H]2CCCNC[C@H]2C1. The maximum absolute atomic E-state index is 14.4. The number of aromatic nitrogens is 2. The number of halogens is 2. The van der Waals surface area contributed by atoms with Gasteiger partial charge in [0.1, 0.15) is 12.1 Å². The number of hydrogen-bond donors (Lipinski definition) is 2. The zero-order valence-electron chi connectivity index (χ0n) is 19.9. The number of rotatable bonds is 8. The molecule has 2 saturated heterocycles. The van der Waals surface area contributed by atoms with Crippen molar-refractivity contribution < 1.29 is 13.9 Å². The van der Waals surface area contributed by atoms with Crippen LogP contribution < -0.4 is 20.1 Å². The number of hydrogen-bond acceptors (Lipinski definition) is 7. The lowest BCUT2D eigenvalue weighted by Crippen LogP contribution is -2.27. The molecule has 2 aromatic carbocycles. The minimum Gasteiger partial charge on any atom is -0.493 e. The van der Waals surface area contributed by atoms with Gasteiger partial charge in [-0.15, -0.1) is 0 Å². The van der Waals surface area contributed by atoms with E-state index in [0.29, 0.717) is 34.8 Å². The molecule has 2 atom stereocenters. The molecular weight excluding hydrogens is 469 g/mol. The van der Waals surface area contributed by atoms with E-state index in [0.717, 1.165) is 37.9 Å². The topological polar surface area (TPSA) is 71.5 Å². The molecule has 5 rings (SSSR count). The second kappa shape index (κ2) is 10.9. The lowest BCUT2D eigenvalue weighted by atomic mass is 9.93. The standard InChI is InChI=1S/C26H31ClFN5O2/c1-34-23-12-22-19(26(31-16-30-22)32-21-7-2-6-20(27)25(21)28)11-24(23)35-10-4-9-33-14-17-5-3-8-29-13-18(17)15-33/h2,6-7,11-12,16-18,29H,3-5,8-10,13-15H2,1H3,(H,30,31,32)/t17-,18+/m1/s1. The minimum atomic E-state index is -0.529. The summed E-state index contributed by atoms with van der Waals surface area (Å²) in [6.07, 6.45) is 4.97. The molecule has 9 heteroatoms. The Morgan fingerprint density at radius 1 is 1.20 bits per heavy atom. The first kappa shape index (κ1) is 24.0. The summed E-state index contributed by atoms with van der Waals surface area (Å²) in [6.45, 7) is 6.26. The van der Waals surface area contributed by atoms with Gasteiger partial charge in [-0.3, -0.25) is 0 Å². The van der Waals surface area contributed by atoms with Crippen LogP contribution >= 0.6 is 11.6 Å². The average Bonchev–Trinajstić information content (AvgIpc) is 3.12. The fourth-order valence-corrected chi connectivity index (χ4v) is 5.36. The molecule has 2 aliphatic rings. The monoisotopic (exact) mass is 499 g/mol. The Labute approximate surface area is 210 Å². The fraction of sp³-hybridized carbons (Fsp3) is 0.462. The first-order valence-electron chi connectivity index (χ1n) is 12.2. The Morgan fingerprint density at radius 3 is 2.97 bits per heavy atom. The third kappa shape index (κ3) is 5.44. The highest BCUT2D eigenvalue weighted by atomic mass is 35.5. The molecule has 3 heterocycles. The molecule has 2 aliphatic heterocycles. The highest BCUT2D eigenvalue weighted by Gasteiger charge is 2.32. The maximum atomic E-state index is 14.4. The van der Waals surface area contributed by atoms with Crippen LogP contribution in [0.3, 0.4) is 0 Å². The highest BCUT2D eigenvalue weighted by molar-refractivity contribution is 6.31. The van der Waals surface area contributed by atoms with Gasteiger partial charge >= 0.3 is 0 Å². The minimum absolute atomic E-state index is 0.0446. The molecule has 35 heavy (non-hydrogen) atoms. The third-order valence-corrected chi connectivity index (χ3v) is 7.28. The lowest BCUT2D eigenvalue weighted by Gasteiger charge is -2.17. The van der Waals surface area contributed by atoms with Crippen molar-refractivity contribution in [1.82, 2.24) is 20.2 Å². The Morgan fingerprint density at radius 2 is 2.09 bits per heavy atom. The van der Waals surface area contributed by atoms with E-state index in [1.54, 1.807) is 19.2 Å². The van der Waals surface area contributed by atoms with Crippen LogP contribution in [0.25, 0.3) is 10.9 Å². The molecule has 1 aromatic heterocycles. The molecule has 186 valence electrons. The highest BCUT2D eigenvalue weighted by Crippen LogP contribution is 2.36. The zero-order chi connectivity index (χ0) is 24.2. The summed E-state index contributed by atoms with van der Waals surface area (Å²) in [6, 6.07) is 8.46. The molecule has 0 saturated carbocycles. The van der Waals surface area contributed by atoms with E-state index in [4.69, 9.17) is 21.1 Å². The van der Waals surface area contributed by atoms with Crippen molar-refractivity contribution in [3.8, 4) is 11.5 Å².